The van der Waals surface area contributed by atoms with Crippen molar-refractivity contribution in [3.63, 3.8) is 0 Å². The summed E-state index contributed by atoms with van der Waals surface area (Å²) in [5.74, 6) is -1.16. The number of para-hydroxylation sites is 2. The van der Waals surface area contributed by atoms with Crippen LogP contribution in [0.15, 0.2) is 42.5 Å². The number of anilines is 1. The molecule has 0 aliphatic heterocycles. The first kappa shape index (κ1) is 19.2. The third-order valence-corrected chi connectivity index (χ3v) is 3.41. The molecule has 136 valence electrons. The lowest BCUT2D eigenvalue weighted by atomic mass is 10.2. The van der Waals surface area contributed by atoms with Gasteiger partial charge in [0.2, 0.25) is 0 Å². The van der Waals surface area contributed by atoms with Crippen molar-refractivity contribution in [1.29, 1.82) is 0 Å². The van der Waals surface area contributed by atoms with Crippen molar-refractivity contribution >= 4 is 34.9 Å². The van der Waals surface area contributed by atoms with E-state index in [2.05, 4.69) is 5.32 Å². The molecule has 8 nitrogen and oxygen atoms in total. The first-order valence-electron chi connectivity index (χ1n) is 7.55. The van der Waals surface area contributed by atoms with Crippen LogP contribution in [0.25, 0.3) is 0 Å². The first-order chi connectivity index (χ1) is 12.4. The molecule has 0 aliphatic carbocycles. The Bertz CT molecular complexity index is 840. The molecule has 0 heterocycles. The van der Waals surface area contributed by atoms with Gasteiger partial charge in [0.25, 0.3) is 11.6 Å². The number of nitrogens with one attached hydrogen (secondary N) is 1. The van der Waals surface area contributed by atoms with E-state index in [1.165, 1.54) is 6.07 Å². The van der Waals surface area contributed by atoms with Gasteiger partial charge >= 0.3 is 5.97 Å². The third-order valence-electron chi connectivity index (χ3n) is 3.17. The minimum atomic E-state index is -1.02. The van der Waals surface area contributed by atoms with Crippen molar-refractivity contribution in [3.8, 4) is 5.75 Å². The van der Waals surface area contributed by atoms with Gasteiger partial charge in [0.1, 0.15) is 11.3 Å². The molecular formula is C17H15ClN2O6. The van der Waals surface area contributed by atoms with Gasteiger partial charge in [-0.1, -0.05) is 23.7 Å². The summed E-state index contributed by atoms with van der Waals surface area (Å²) in [6.07, 6.45) is 0. The lowest BCUT2D eigenvalue weighted by molar-refractivity contribution is -0.385. The molecule has 9 heteroatoms. The fraction of sp³-hybridized carbons (Fsp3) is 0.176. The highest BCUT2D eigenvalue weighted by Gasteiger charge is 2.22. The lowest BCUT2D eigenvalue weighted by Crippen LogP contribution is -2.21. The van der Waals surface area contributed by atoms with Crippen molar-refractivity contribution in [2.75, 3.05) is 18.5 Å². The van der Waals surface area contributed by atoms with Crippen molar-refractivity contribution in [1.82, 2.24) is 0 Å². The highest BCUT2D eigenvalue weighted by atomic mass is 35.5. The minimum absolute atomic E-state index is 0.137. The molecule has 1 N–H and O–H groups in total. The SMILES string of the molecule is CCOc1ccccc1NC(=O)COC(=O)c1cc(Cl)ccc1[N+](=O)[O-]. The summed E-state index contributed by atoms with van der Waals surface area (Å²) >= 11 is 5.76. The quantitative estimate of drug-likeness (QED) is 0.449. The van der Waals surface area contributed by atoms with Gasteiger partial charge in [-0.2, -0.15) is 0 Å². The Kier molecular flexibility index (Phi) is 6.51. The van der Waals surface area contributed by atoms with Gasteiger partial charge in [0.05, 0.1) is 17.2 Å². The van der Waals surface area contributed by atoms with Crippen molar-refractivity contribution < 1.29 is 24.0 Å². The Morgan fingerprint density at radius 2 is 1.96 bits per heavy atom. The average Bonchev–Trinajstić information content (AvgIpc) is 2.61. The van der Waals surface area contributed by atoms with Crippen LogP contribution in [0.4, 0.5) is 11.4 Å². The maximum Gasteiger partial charge on any atom is 0.345 e. The molecule has 2 rings (SSSR count). The highest BCUT2D eigenvalue weighted by Crippen LogP contribution is 2.25. The second-order valence-corrected chi connectivity index (χ2v) is 5.41. The van der Waals surface area contributed by atoms with Crippen LogP contribution in [-0.2, 0) is 9.53 Å². The number of benzene rings is 2. The van der Waals surface area contributed by atoms with Gasteiger partial charge in [0.15, 0.2) is 6.61 Å². The zero-order valence-corrected chi connectivity index (χ0v) is 14.5. The number of nitro groups is 1. The predicted octanol–water partition coefficient (Wildman–Crippen LogP) is 3.44. The topological polar surface area (TPSA) is 108 Å². The zero-order chi connectivity index (χ0) is 19.1. The largest absolute Gasteiger partial charge is 0.492 e. The first-order valence-corrected chi connectivity index (χ1v) is 7.93. The number of nitro benzene ring substituents is 1. The second kappa shape index (κ2) is 8.82. The number of amides is 1. The normalized spacial score (nSPS) is 10.1. The summed E-state index contributed by atoms with van der Waals surface area (Å²) in [4.78, 5) is 34.3. The van der Waals surface area contributed by atoms with E-state index in [9.17, 15) is 19.7 Å². The van der Waals surface area contributed by atoms with Crippen molar-refractivity contribution in [3.05, 3.63) is 63.2 Å². The van der Waals surface area contributed by atoms with Gasteiger partial charge in [-0.05, 0) is 31.2 Å². The number of esters is 1. The summed E-state index contributed by atoms with van der Waals surface area (Å²) in [6, 6.07) is 10.3. The Balaban J connectivity index is 2.03. The monoisotopic (exact) mass is 378 g/mol. The van der Waals surface area contributed by atoms with Crippen LogP contribution in [-0.4, -0.2) is 30.0 Å². The molecule has 0 spiro atoms. The Morgan fingerprint density at radius 1 is 1.23 bits per heavy atom. The number of carbonyl (C=O) groups excluding carboxylic acids is 2. The lowest BCUT2D eigenvalue weighted by Gasteiger charge is -2.11. The molecule has 2 aromatic carbocycles. The predicted molar refractivity (Wildman–Crippen MR) is 94.6 cm³/mol. The van der Waals surface area contributed by atoms with E-state index in [4.69, 9.17) is 21.1 Å². The van der Waals surface area contributed by atoms with Gasteiger partial charge in [-0.25, -0.2) is 4.79 Å². The number of halogens is 1. The molecule has 0 radical (unpaired) electrons. The van der Waals surface area contributed by atoms with Crippen LogP contribution >= 0.6 is 11.6 Å². The number of ether oxygens (including phenoxy) is 2. The molecule has 2 aromatic rings. The Hall–Kier alpha value is -3.13. The molecule has 0 aromatic heterocycles. The highest BCUT2D eigenvalue weighted by molar-refractivity contribution is 6.31. The van der Waals surface area contributed by atoms with Crippen molar-refractivity contribution in [2.24, 2.45) is 0 Å². The molecule has 26 heavy (non-hydrogen) atoms. The van der Waals surface area contributed by atoms with Gasteiger partial charge in [-0.3, -0.25) is 14.9 Å². The molecule has 0 unspecified atom stereocenters. The van der Waals surface area contributed by atoms with E-state index in [1.54, 1.807) is 31.2 Å². The van der Waals surface area contributed by atoms with E-state index in [0.717, 1.165) is 12.1 Å². The summed E-state index contributed by atoms with van der Waals surface area (Å²) in [6.45, 7) is 1.60. The molecule has 0 aliphatic rings. The zero-order valence-electron chi connectivity index (χ0n) is 13.7. The summed E-state index contributed by atoms with van der Waals surface area (Å²) in [5.41, 5.74) is -0.365. The van der Waals surface area contributed by atoms with E-state index >= 15 is 0 Å². The number of nitrogens with zero attached hydrogens (tertiary/aromatic N) is 1. The Morgan fingerprint density at radius 3 is 2.65 bits per heavy atom. The smallest absolute Gasteiger partial charge is 0.345 e. The van der Waals surface area contributed by atoms with E-state index in [0.29, 0.717) is 18.0 Å². The van der Waals surface area contributed by atoms with E-state index < -0.39 is 29.1 Å². The van der Waals surface area contributed by atoms with Crippen LogP contribution in [0.3, 0.4) is 0 Å². The van der Waals surface area contributed by atoms with Crippen LogP contribution in [0.1, 0.15) is 17.3 Å². The standard InChI is InChI=1S/C17H15ClN2O6/c1-2-25-15-6-4-3-5-13(15)19-16(21)10-26-17(22)12-9-11(18)7-8-14(12)20(23)24/h3-9H,2,10H2,1H3,(H,19,21). The van der Waals surface area contributed by atoms with Gasteiger partial charge < -0.3 is 14.8 Å². The van der Waals surface area contributed by atoms with E-state index in [-0.39, 0.29) is 10.6 Å². The number of hydrogen-bond donors (Lipinski definition) is 1. The molecule has 0 atom stereocenters. The maximum atomic E-state index is 12.1. The molecule has 0 fully saturated rings. The summed E-state index contributed by atoms with van der Waals surface area (Å²) < 4.78 is 10.2. The molecule has 0 bridgehead atoms. The van der Waals surface area contributed by atoms with Crippen LogP contribution in [0.2, 0.25) is 5.02 Å². The van der Waals surface area contributed by atoms with Crippen LogP contribution < -0.4 is 10.1 Å². The second-order valence-electron chi connectivity index (χ2n) is 4.97. The minimum Gasteiger partial charge on any atom is -0.492 e. The van der Waals surface area contributed by atoms with Crippen LogP contribution in [0, 0.1) is 10.1 Å². The molecule has 1 amide bonds. The van der Waals surface area contributed by atoms with Gasteiger partial charge in [-0.15, -0.1) is 0 Å². The fourth-order valence-corrected chi connectivity index (χ4v) is 2.25. The fourth-order valence-electron chi connectivity index (χ4n) is 2.08. The average molecular weight is 379 g/mol. The maximum absolute atomic E-state index is 12.1. The third kappa shape index (κ3) is 4.93. The Labute approximate surface area is 153 Å². The molecule has 0 saturated heterocycles. The van der Waals surface area contributed by atoms with Crippen LogP contribution in [0.5, 0.6) is 5.75 Å². The molecular weight excluding hydrogens is 364 g/mol. The number of carbonyl (C=O) groups is 2. The van der Waals surface area contributed by atoms with Crippen molar-refractivity contribution in [2.45, 2.75) is 6.92 Å². The van der Waals surface area contributed by atoms with E-state index in [1.807, 2.05) is 0 Å². The summed E-state index contributed by atoms with van der Waals surface area (Å²) in [7, 11) is 0. The summed E-state index contributed by atoms with van der Waals surface area (Å²) in [5, 5.41) is 13.7. The van der Waals surface area contributed by atoms with Gasteiger partial charge in [0, 0.05) is 11.1 Å². The number of hydrogen-bond acceptors (Lipinski definition) is 6. The number of rotatable bonds is 7. The molecule has 0 saturated carbocycles.